The molecule has 0 aliphatic heterocycles. The Hall–Kier alpha value is -0.0675. The van der Waals surface area contributed by atoms with Crippen molar-refractivity contribution in [3.8, 4) is 0 Å². The molecule has 0 rings (SSSR count). The van der Waals surface area contributed by atoms with E-state index in [1.165, 1.54) is 0 Å². The summed E-state index contributed by atoms with van der Waals surface area (Å²) in [5, 5.41) is 9.00. The minimum absolute atomic E-state index is 0. The molecule has 0 atom stereocenters. The summed E-state index contributed by atoms with van der Waals surface area (Å²) in [7, 11) is 0. The Labute approximate surface area is 41.1 Å². The van der Waals surface area contributed by atoms with Crippen LogP contribution in [0.1, 0.15) is 7.43 Å². The van der Waals surface area contributed by atoms with Crippen LogP contribution in [-0.4, -0.2) is 17.4 Å². The average Bonchev–Trinajstić information content (AvgIpc) is 0.918. The molecule has 0 saturated heterocycles. The lowest BCUT2D eigenvalue weighted by atomic mass is 12.0. The fourth-order valence-electron chi connectivity index (χ4n) is 0. The highest BCUT2D eigenvalue weighted by atomic mass is 27.0. The first-order valence-corrected chi connectivity index (χ1v) is 0.365. The predicted molar refractivity (Wildman–Crippen MR) is 24.4 cm³/mol. The van der Waals surface area contributed by atoms with Gasteiger partial charge in [-0.25, -0.2) is 0 Å². The third-order valence-electron chi connectivity index (χ3n) is 0. The van der Waals surface area contributed by atoms with E-state index < -0.39 is 0 Å². The molecule has 0 unspecified atom stereocenters. The first-order chi connectivity index (χ1) is 1.41. The van der Waals surface area contributed by atoms with Crippen LogP contribution in [0.5, 0.6) is 0 Å². The molecule has 5 heavy (non-hydrogen) atoms. The van der Waals surface area contributed by atoms with Gasteiger partial charge in [-0.1, -0.05) is 7.43 Å². The minimum Gasteiger partial charge on any atom is -0.444 e. The summed E-state index contributed by atoms with van der Waals surface area (Å²) in [6.45, 7) is 0. The van der Waals surface area contributed by atoms with Crippen molar-refractivity contribution in [1.29, 1.82) is 0 Å². The lowest BCUT2D eigenvalue weighted by molar-refractivity contribution is 1.59. The molecule has 0 heterocycles. The first-order valence-electron chi connectivity index (χ1n) is 0.365. The fourth-order valence-corrected chi connectivity index (χ4v) is 0. The molecule has 0 N–H and O–H groups in total. The van der Waals surface area contributed by atoms with Crippen LogP contribution in [0, 0.1) is 10.1 Å². The summed E-state index contributed by atoms with van der Waals surface area (Å²) in [6, 6.07) is 0. The van der Waals surface area contributed by atoms with Crippen LogP contribution >= 0.6 is 0 Å². The monoisotopic (exact) mass is 91.0 g/mol. The van der Waals surface area contributed by atoms with Crippen LogP contribution in [0.4, 0.5) is 0 Å². The van der Waals surface area contributed by atoms with Crippen LogP contribution in [0.25, 0.3) is 0 Å². The quantitative estimate of drug-likeness (QED) is 0.239. The van der Waals surface area contributed by atoms with Crippen molar-refractivity contribution in [3.05, 3.63) is 10.1 Å². The Morgan fingerprint density at radius 1 is 1.60 bits per heavy atom. The zero-order valence-corrected chi connectivity index (χ0v) is 4.26. The molecule has 1 radical (unpaired) electrons. The molecule has 0 aliphatic rings. The minimum atomic E-state index is 0. The van der Waals surface area contributed by atoms with E-state index in [1.54, 1.807) is 0 Å². The van der Waals surface area contributed by atoms with Gasteiger partial charge in [-0.05, 0) is 0 Å². The van der Waals surface area contributed by atoms with Crippen LogP contribution < -0.4 is 0 Å². The van der Waals surface area contributed by atoms with Crippen molar-refractivity contribution in [2.75, 3.05) is 0 Å². The molecule has 0 aromatic heterocycles. The molecule has 0 fully saturated rings. The number of rotatable bonds is 0. The van der Waals surface area contributed by atoms with Gasteiger partial charge in [0.25, 0.3) is 0 Å². The molecule has 3 nitrogen and oxygen atoms in total. The first kappa shape index (κ1) is 20.4. The van der Waals surface area contributed by atoms with Crippen molar-refractivity contribution in [2.45, 2.75) is 7.43 Å². The second-order valence-corrected chi connectivity index (χ2v) is 0.0745. The van der Waals surface area contributed by atoms with Crippen LogP contribution in [0.2, 0.25) is 0 Å². The third kappa shape index (κ3) is 3220. The van der Waals surface area contributed by atoms with Gasteiger partial charge < -0.3 is 10.1 Å². The molecule has 0 bridgehead atoms. The summed E-state index contributed by atoms with van der Waals surface area (Å²) in [6.07, 6.45) is 0. The molecule has 0 spiro atoms. The molecular weight excluding hydrogens is 85.0 g/mol. The van der Waals surface area contributed by atoms with Crippen LogP contribution in [-0.2, 0) is 0 Å². The largest absolute Gasteiger partial charge is 0.444 e. The van der Waals surface area contributed by atoms with E-state index in [9.17, 15) is 0 Å². The Kier molecular flexibility index (Phi) is 159. The second-order valence-electron chi connectivity index (χ2n) is 0.0745. The third-order valence-corrected chi connectivity index (χ3v) is 0. The van der Waals surface area contributed by atoms with E-state index in [-0.39, 0.29) is 24.8 Å². The van der Waals surface area contributed by atoms with Crippen molar-refractivity contribution < 1.29 is 0 Å². The zero-order valence-electron chi connectivity index (χ0n) is 2.26. The molecule has 0 aromatic carbocycles. The van der Waals surface area contributed by atoms with Gasteiger partial charge in [-0.15, -0.1) is 5.34 Å². The normalized spacial score (nSPS) is 2.40. The van der Waals surface area contributed by atoms with Gasteiger partial charge in [0.05, 0.1) is 0 Å². The van der Waals surface area contributed by atoms with E-state index in [0.717, 1.165) is 5.34 Å². The van der Waals surface area contributed by atoms with E-state index in [0.29, 0.717) is 0 Å². The highest BCUT2D eigenvalue weighted by molar-refractivity contribution is 5.75. The van der Waals surface area contributed by atoms with Gasteiger partial charge >= 0.3 is 0 Å². The Balaban J connectivity index is -0.0000000200. The van der Waals surface area contributed by atoms with Crippen molar-refractivity contribution >= 4 is 17.4 Å². The number of hydrogen-bond donors (Lipinski definition) is 0. The maximum Gasteiger partial charge on any atom is 0.146 e. The SMILES string of the molecule is C.O=N[O-].[AlH2]. The molecule has 0 saturated carbocycles. The van der Waals surface area contributed by atoms with E-state index in [4.69, 9.17) is 10.1 Å². The maximum absolute atomic E-state index is 8.00. The summed E-state index contributed by atoms with van der Waals surface area (Å²) in [5.74, 6) is 0. The lowest BCUT2D eigenvalue weighted by Crippen LogP contribution is -1.12. The van der Waals surface area contributed by atoms with Crippen molar-refractivity contribution in [3.63, 3.8) is 0 Å². The number of nitrogens with zero attached hydrogens (tertiary/aromatic N) is 1. The molecule has 31 valence electrons. The van der Waals surface area contributed by atoms with Crippen LogP contribution in [0.15, 0.2) is 5.34 Å². The molecular formula is CH6AlNO2-. The van der Waals surface area contributed by atoms with Crippen LogP contribution in [0.3, 0.4) is 0 Å². The Morgan fingerprint density at radius 3 is 1.60 bits per heavy atom. The predicted octanol–water partition coefficient (Wildman–Crippen LogP) is -0.0295. The molecule has 0 amide bonds. The highest BCUT2D eigenvalue weighted by Gasteiger charge is 0.958. The summed E-state index contributed by atoms with van der Waals surface area (Å²) >= 11 is 0. The van der Waals surface area contributed by atoms with Gasteiger partial charge in [0.2, 0.25) is 0 Å². The average molecular weight is 91.0 g/mol. The van der Waals surface area contributed by atoms with E-state index in [2.05, 4.69) is 0 Å². The molecule has 4 heteroatoms. The maximum atomic E-state index is 8.00. The lowest BCUT2D eigenvalue weighted by Gasteiger charge is -1.51. The van der Waals surface area contributed by atoms with E-state index in [1.807, 2.05) is 0 Å². The van der Waals surface area contributed by atoms with E-state index >= 15 is 0 Å². The summed E-state index contributed by atoms with van der Waals surface area (Å²) in [5.41, 5.74) is 0. The molecule has 0 aliphatic carbocycles. The smallest absolute Gasteiger partial charge is 0.146 e. The topological polar surface area (TPSA) is 52.5 Å². The van der Waals surface area contributed by atoms with Gasteiger partial charge in [-0.3, -0.25) is 0 Å². The highest BCUT2D eigenvalue weighted by Crippen LogP contribution is 1.34. The zero-order chi connectivity index (χ0) is 2.71. The van der Waals surface area contributed by atoms with Gasteiger partial charge in [0, 0.05) is 0 Å². The van der Waals surface area contributed by atoms with Crippen molar-refractivity contribution in [1.82, 2.24) is 0 Å². The summed E-state index contributed by atoms with van der Waals surface area (Å²) in [4.78, 5) is 8.00. The Morgan fingerprint density at radius 2 is 1.60 bits per heavy atom. The van der Waals surface area contributed by atoms with Gasteiger partial charge in [0.1, 0.15) is 17.4 Å². The standard InChI is InChI=1S/CH4.Al.HNO2.2H/c;;2-1-3;;/h1H4;;(H,2,3);;/p-1. The molecule has 0 aromatic rings. The number of hydrogen-bond acceptors (Lipinski definition) is 3. The van der Waals surface area contributed by atoms with Gasteiger partial charge in [0.15, 0.2) is 0 Å². The summed E-state index contributed by atoms with van der Waals surface area (Å²) < 4.78 is 0. The van der Waals surface area contributed by atoms with Crippen molar-refractivity contribution in [2.24, 2.45) is 5.34 Å². The second kappa shape index (κ2) is 38.9. The fraction of sp³-hybridized carbons (Fsp3) is 1.00. The Bertz CT molecular complexity index is 17.1. The van der Waals surface area contributed by atoms with Gasteiger partial charge in [-0.2, -0.15) is 0 Å².